The van der Waals surface area contributed by atoms with E-state index in [2.05, 4.69) is 9.71 Å². The summed E-state index contributed by atoms with van der Waals surface area (Å²) >= 11 is 0. The first-order valence-corrected chi connectivity index (χ1v) is 15.0. The van der Waals surface area contributed by atoms with Crippen LogP contribution >= 0.6 is 0 Å². The zero-order valence-corrected chi connectivity index (χ0v) is 24.8. The van der Waals surface area contributed by atoms with Gasteiger partial charge in [-0.05, 0) is 48.9 Å². The SMILES string of the molecule is CO[C@@H]1CN(C)C(=O)c2ccc(NS(=O)(=O)c3cccc(F)c3)cc2OC[C@H](C)N(C(=O)Cc2cccnc2)C[C@H]1C. The third-order valence-corrected chi connectivity index (χ3v) is 8.58. The monoisotopic (exact) mass is 598 g/mol. The van der Waals surface area contributed by atoms with Gasteiger partial charge < -0.3 is 19.3 Å². The van der Waals surface area contributed by atoms with Gasteiger partial charge in [0, 0.05) is 51.6 Å². The van der Waals surface area contributed by atoms with Gasteiger partial charge in [0.05, 0.1) is 34.7 Å². The molecular weight excluding hydrogens is 563 g/mol. The summed E-state index contributed by atoms with van der Waals surface area (Å²) in [6.07, 6.45) is 3.10. The van der Waals surface area contributed by atoms with Crippen LogP contribution in [0.3, 0.4) is 0 Å². The quantitative estimate of drug-likeness (QED) is 0.461. The number of fused-ring (bicyclic) bond motifs is 1. The van der Waals surface area contributed by atoms with Crippen molar-refractivity contribution >= 4 is 27.5 Å². The minimum Gasteiger partial charge on any atom is -0.491 e. The highest BCUT2D eigenvalue weighted by molar-refractivity contribution is 7.92. The molecule has 42 heavy (non-hydrogen) atoms. The molecule has 2 heterocycles. The molecule has 10 nitrogen and oxygen atoms in total. The minimum absolute atomic E-state index is 0.0350. The summed E-state index contributed by atoms with van der Waals surface area (Å²) in [5.41, 5.74) is 1.12. The van der Waals surface area contributed by atoms with Crippen molar-refractivity contribution in [2.75, 3.05) is 38.6 Å². The van der Waals surface area contributed by atoms with E-state index in [1.54, 1.807) is 37.5 Å². The molecule has 12 heteroatoms. The van der Waals surface area contributed by atoms with Crippen molar-refractivity contribution in [1.82, 2.24) is 14.8 Å². The highest BCUT2D eigenvalue weighted by Crippen LogP contribution is 2.28. The van der Waals surface area contributed by atoms with Crippen molar-refractivity contribution < 1.29 is 31.9 Å². The van der Waals surface area contributed by atoms with Gasteiger partial charge in [0.15, 0.2) is 0 Å². The fourth-order valence-corrected chi connectivity index (χ4v) is 5.89. The number of likely N-dealkylation sites (N-methyl/N-ethyl adjacent to an activating group) is 1. The molecule has 0 bridgehead atoms. The van der Waals surface area contributed by atoms with Gasteiger partial charge in [-0.1, -0.05) is 19.1 Å². The number of rotatable bonds is 6. The van der Waals surface area contributed by atoms with E-state index in [-0.39, 0.29) is 65.3 Å². The molecule has 2 aromatic carbocycles. The van der Waals surface area contributed by atoms with Crippen LogP contribution in [0.25, 0.3) is 0 Å². The average Bonchev–Trinajstić information content (AvgIpc) is 2.96. The van der Waals surface area contributed by atoms with E-state index < -0.39 is 21.9 Å². The number of carbonyl (C=O) groups excluding carboxylic acids is 2. The van der Waals surface area contributed by atoms with Crippen molar-refractivity contribution in [2.45, 2.75) is 37.3 Å². The molecule has 4 rings (SSSR count). The number of hydrogen-bond acceptors (Lipinski definition) is 7. The van der Waals surface area contributed by atoms with Gasteiger partial charge in [-0.25, -0.2) is 12.8 Å². The smallest absolute Gasteiger partial charge is 0.261 e. The Bertz CT molecular complexity index is 1520. The van der Waals surface area contributed by atoms with E-state index in [9.17, 15) is 22.4 Å². The van der Waals surface area contributed by atoms with Crippen molar-refractivity contribution in [1.29, 1.82) is 0 Å². The maximum atomic E-state index is 13.7. The van der Waals surface area contributed by atoms with Gasteiger partial charge in [-0.2, -0.15) is 0 Å². The van der Waals surface area contributed by atoms with E-state index in [0.717, 1.165) is 17.7 Å². The summed E-state index contributed by atoms with van der Waals surface area (Å²) in [4.78, 5) is 34.1. The fourth-order valence-electron chi connectivity index (χ4n) is 4.81. The largest absolute Gasteiger partial charge is 0.491 e. The predicted molar refractivity (Wildman–Crippen MR) is 155 cm³/mol. The molecule has 3 atom stereocenters. The van der Waals surface area contributed by atoms with Crippen LogP contribution in [0.4, 0.5) is 10.1 Å². The Morgan fingerprint density at radius 1 is 1.14 bits per heavy atom. The minimum atomic E-state index is -4.12. The number of ether oxygens (including phenoxy) is 2. The Kier molecular flexibility index (Phi) is 9.79. The standard InChI is InChI=1S/C30H35FN4O6S/c1-20-17-35(29(36)13-22-7-6-12-32-16-22)21(2)19-41-27-15-24(33-42(38,39)25-9-5-8-23(31)14-25)10-11-26(27)30(37)34(3)18-28(20)40-4/h5-12,14-16,20-21,28,33H,13,17-19H2,1-4H3/t20-,21+,28-/m1/s1. The summed E-state index contributed by atoms with van der Waals surface area (Å²) in [6.45, 7) is 4.48. The Balaban J connectivity index is 1.66. The molecule has 0 spiro atoms. The van der Waals surface area contributed by atoms with E-state index in [0.29, 0.717) is 6.54 Å². The van der Waals surface area contributed by atoms with E-state index >= 15 is 0 Å². The first kappa shape index (κ1) is 30.9. The molecule has 1 aliphatic rings. The molecule has 1 aromatic heterocycles. The molecule has 0 aliphatic carbocycles. The number of sulfonamides is 1. The van der Waals surface area contributed by atoms with Crippen LogP contribution in [0.15, 0.2) is 71.9 Å². The van der Waals surface area contributed by atoms with Crippen LogP contribution in [-0.4, -0.2) is 81.0 Å². The molecule has 1 aliphatic heterocycles. The first-order chi connectivity index (χ1) is 20.0. The van der Waals surface area contributed by atoms with Crippen molar-refractivity contribution in [3.05, 3.63) is 83.9 Å². The highest BCUT2D eigenvalue weighted by atomic mass is 32.2. The normalized spacial score (nSPS) is 20.1. The molecule has 0 unspecified atom stereocenters. The number of amides is 2. The summed E-state index contributed by atoms with van der Waals surface area (Å²) in [5.74, 6) is -1.10. The lowest BCUT2D eigenvalue weighted by atomic mass is 10.0. The number of nitrogens with one attached hydrogen (secondary N) is 1. The lowest BCUT2D eigenvalue weighted by Gasteiger charge is -2.36. The summed E-state index contributed by atoms with van der Waals surface area (Å²) in [6, 6.07) is 12.2. The Morgan fingerprint density at radius 2 is 1.93 bits per heavy atom. The Morgan fingerprint density at radius 3 is 2.62 bits per heavy atom. The van der Waals surface area contributed by atoms with Crippen LogP contribution in [0.2, 0.25) is 0 Å². The van der Waals surface area contributed by atoms with Crippen molar-refractivity contribution in [2.24, 2.45) is 5.92 Å². The Labute approximate surface area is 245 Å². The highest BCUT2D eigenvalue weighted by Gasteiger charge is 2.30. The summed E-state index contributed by atoms with van der Waals surface area (Å²) < 4.78 is 53.8. The lowest BCUT2D eigenvalue weighted by Crippen LogP contribution is -2.49. The van der Waals surface area contributed by atoms with Crippen molar-refractivity contribution in [3.63, 3.8) is 0 Å². The van der Waals surface area contributed by atoms with Crippen LogP contribution in [-0.2, 0) is 26.0 Å². The number of benzene rings is 2. The molecule has 3 aromatic rings. The Hall–Kier alpha value is -4.03. The van der Waals surface area contributed by atoms with Gasteiger partial charge in [0.1, 0.15) is 18.2 Å². The molecule has 0 saturated carbocycles. The maximum Gasteiger partial charge on any atom is 0.261 e. The molecule has 0 fully saturated rings. The van der Waals surface area contributed by atoms with Gasteiger partial charge in [0.25, 0.3) is 15.9 Å². The number of nitrogens with zero attached hydrogens (tertiary/aromatic N) is 3. The number of anilines is 1. The van der Waals surface area contributed by atoms with Crippen LogP contribution < -0.4 is 9.46 Å². The number of pyridine rings is 1. The topological polar surface area (TPSA) is 118 Å². The van der Waals surface area contributed by atoms with E-state index in [1.807, 2.05) is 19.9 Å². The second kappa shape index (κ2) is 13.3. The molecule has 2 amide bonds. The summed E-state index contributed by atoms with van der Waals surface area (Å²) in [7, 11) is -0.901. The number of halogens is 1. The van der Waals surface area contributed by atoms with Crippen molar-refractivity contribution in [3.8, 4) is 5.75 Å². The predicted octanol–water partition coefficient (Wildman–Crippen LogP) is 3.60. The zero-order valence-electron chi connectivity index (χ0n) is 24.0. The number of methoxy groups -OCH3 is 1. The molecule has 0 saturated heterocycles. The van der Waals surface area contributed by atoms with Crippen LogP contribution in [0.1, 0.15) is 29.8 Å². The second-order valence-electron chi connectivity index (χ2n) is 10.5. The van der Waals surface area contributed by atoms with E-state index in [1.165, 1.54) is 35.2 Å². The first-order valence-electron chi connectivity index (χ1n) is 13.5. The third kappa shape index (κ3) is 7.42. The van der Waals surface area contributed by atoms with Crippen LogP contribution in [0, 0.1) is 11.7 Å². The summed E-state index contributed by atoms with van der Waals surface area (Å²) in [5, 5.41) is 0. The maximum absolute atomic E-state index is 13.7. The molecule has 0 radical (unpaired) electrons. The molecule has 224 valence electrons. The lowest BCUT2D eigenvalue weighted by molar-refractivity contribution is -0.134. The number of aromatic nitrogens is 1. The van der Waals surface area contributed by atoms with Gasteiger partial charge >= 0.3 is 0 Å². The third-order valence-electron chi connectivity index (χ3n) is 7.20. The van der Waals surface area contributed by atoms with Gasteiger partial charge in [-0.15, -0.1) is 0 Å². The van der Waals surface area contributed by atoms with E-state index in [4.69, 9.17) is 9.47 Å². The number of carbonyl (C=O) groups is 2. The second-order valence-corrected chi connectivity index (χ2v) is 12.1. The molecular formula is C30H35FN4O6S. The number of hydrogen-bond donors (Lipinski definition) is 1. The zero-order chi connectivity index (χ0) is 30.4. The van der Waals surface area contributed by atoms with Gasteiger partial charge in [0.2, 0.25) is 5.91 Å². The molecule has 1 N–H and O–H groups in total. The van der Waals surface area contributed by atoms with Crippen LogP contribution in [0.5, 0.6) is 5.75 Å². The average molecular weight is 599 g/mol. The fraction of sp³-hybridized carbons (Fsp3) is 0.367. The van der Waals surface area contributed by atoms with Gasteiger partial charge in [-0.3, -0.25) is 19.3 Å².